The highest BCUT2D eigenvalue weighted by molar-refractivity contribution is 6.34. The highest BCUT2D eigenvalue weighted by atomic mass is 35.5. The van der Waals surface area contributed by atoms with Gasteiger partial charge in [-0.05, 0) is 48.9 Å². The number of carbonyl (C=O) groups is 3. The topological polar surface area (TPSA) is 66.5 Å². The Bertz CT molecular complexity index is 1470. The van der Waals surface area contributed by atoms with Crippen molar-refractivity contribution in [2.75, 3.05) is 10.2 Å². The summed E-state index contributed by atoms with van der Waals surface area (Å²) >= 11 is 6.43. The summed E-state index contributed by atoms with van der Waals surface area (Å²) < 4.78 is 14.1. The fourth-order valence-corrected chi connectivity index (χ4v) is 6.36. The van der Waals surface area contributed by atoms with E-state index in [0.29, 0.717) is 22.5 Å². The van der Waals surface area contributed by atoms with E-state index in [4.69, 9.17) is 11.6 Å². The van der Waals surface area contributed by atoms with Gasteiger partial charge in [0.1, 0.15) is 11.2 Å². The van der Waals surface area contributed by atoms with Crippen LogP contribution in [0.1, 0.15) is 28.4 Å². The zero-order valence-corrected chi connectivity index (χ0v) is 19.4. The van der Waals surface area contributed by atoms with Crippen LogP contribution in [0.4, 0.5) is 15.8 Å². The Morgan fingerprint density at radius 1 is 1.06 bits per heavy atom. The first kappa shape index (κ1) is 21.7. The normalized spacial score (nSPS) is 25.7. The van der Waals surface area contributed by atoms with Crippen molar-refractivity contribution in [3.8, 4) is 0 Å². The first-order valence-corrected chi connectivity index (χ1v) is 11.7. The molecule has 0 unspecified atom stereocenters. The highest BCUT2D eigenvalue weighted by Crippen LogP contribution is 2.57. The first-order chi connectivity index (χ1) is 16.9. The van der Waals surface area contributed by atoms with Crippen LogP contribution in [0.25, 0.3) is 6.08 Å². The number of carbonyl (C=O) groups excluding carboxylic acids is 3. The number of fused-ring (bicyclic) bond motifs is 6. The zero-order valence-electron chi connectivity index (χ0n) is 18.7. The van der Waals surface area contributed by atoms with Crippen molar-refractivity contribution in [3.63, 3.8) is 0 Å². The molecule has 3 aromatic rings. The van der Waals surface area contributed by atoms with Gasteiger partial charge in [-0.3, -0.25) is 14.4 Å². The summed E-state index contributed by atoms with van der Waals surface area (Å²) in [5.74, 6) is -2.46. The van der Waals surface area contributed by atoms with Crippen molar-refractivity contribution in [3.05, 3.63) is 100 Å². The SMILES string of the molecule is CC(=O)[C@@H]1[C@@H](C(=O)c2ccccc2Cl)[C@]2(C(=O)Nc3ccccc32)[C@H]2C=Cc3cc(F)ccc3N12. The maximum absolute atomic E-state index is 14.3. The van der Waals surface area contributed by atoms with Gasteiger partial charge in [-0.25, -0.2) is 4.39 Å². The van der Waals surface area contributed by atoms with E-state index in [1.54, 1.807) is 48.6 Å². The monoisotopic (exact) mass is 486 g/mol. The van der Waals surface area contributed by atoms with E-state index < -0.39 is 29.2 Å². The summed E-state index contributed by atoms with van der Waals surface area (Å²) in [6, 6.07) is 16.6. The van der Waals surface area contributed by atoms with Crippen molar-refractivity contribution in [2.45, 2.75) is 24.4 Å². The number of hydrogen-bond acceptors (Lipinski definition) is 4. The van der Waals surface area contributed by atoms with Crippen LogP contribution in [0.3, 0.4) is 0 Å². The lowest BCUT2D eigenvalue weighted by molar-refractivity contribution is -0.122. The molecule has 6 rings (SSSR count). The molecule has 1 fully saturated rings. The molecule has 0 bridgehead atoms. The molecule has 0 aliphatic carbocycles. The van der Waals surface area contributed by atoms with E-state index in [-0.39, 0.29) is 28.1 Å². The number of nitrogens with zero attached hydrogens (tertiary/aromatic N) is 1. The average Bonchev–Trinajstić information content (AvgIpc) is 3.32. The Morgan fingerprint density at radius 3 is 2.57 bits per heavy atom. The molecule has 1 saturated heterocycles. The van der Waals surface area contributed by atoms with Gasteiger partial charge in [0.15, 0.2) is 11.6 Å². The summed E-state index contributed by atoms with van der Waals surface area (Å²) in [6.45, 7) is 1.42. The summed E-state index contributed by atoms with van der Waals surface area (Å²) in [5, 5.41) is 3.20. The van der Waals surface area contributed by atoms with Gasteiger partial charge in [-0.2, -0.15) is 0 Å². The lowest BCUT2D eigenvalue weighted by atomic mass is 9.64. The smallest absolute Gasteiger partial charge is 0.238 e. The quantitative estimate of drug-likeness (QED) is 0.527. The number of nitrogens with one attached hydrogen (secondary N) is 1. The van der Waals surface area contributed by atoms with Crippen LogP contribution < -0.4 is 10.2 Å². The fourth-order valence-electron chi connectivity index (χ4n) is 6.13. The third kappa shape index (κ3) is 2.83. The predicted octanol–water partition coefficient (Wildman–Crippen LogP) is 5.04. The van der Waals surface area contributed by atoms with Crippen molar-refractivity contribution in [1.29, 1.82) is 0 Å². The van der Waals surface area contributed by atoms with Gasteiger partial charge in [-0.1, -0.05) is 54.1 Å². The van der Waals surface area contributed by atoms with Gasteiger partial charge in [0.05, 0.1) is 23.0 Å². The maximum Gasteiger partial charge on any atom is 0.238 e. The Balaban J connectivity index is 1.67. The van der Waals surface area contributed by atoms with Crippen molar-refractivity contribution in [1.82, 2.24) is 0 Å². The van der Waals surface area contributed by atoms with Crippen LogP contribution in [-0.4, -0.2) is 29.6 Å². The molecule has 3 aliphatic rings. The Morgan fingerprint density at radius 2 is 1.80 bits per heavy atom. The van der Waals surface area contributed by atoms with Crippen LogP contribution in [0.15, 0.2) is 72.8 Å². The molecule has 1 amide bonds. The van der Waals surface area contributed by atoms with E-state index in [1.165, 1.54) is 19.1 Å². The van der Waals surface area contributed by atoms with Crippen LogP contribution in [-0.2, 0) is 15.0 Å². The van der Waals surface area contributed by atoms with Gasteiger partial charge in [0.25, 0.3) is 0 Å². The number of ketones is 2. The molecular formula is C28H20ClFN2O3. The van der Waals surface area contributed by atoms with Crippen molar-refractivity contribution >= 4 is 46.5 Å². The lowest BCUT2D eigenvalue weighted by Gasteiger charge is -2.37. The van der Waals surface area contributed by atoms with Gasteiger partial charge in [-0.15, -0.1) is 0 Å². The molecule has 3 aromatic carbocycles. The lowest BCUT2D eigenvalue weighted by Crippen LogP contribution is -2.51. The highest BCUT2D eigenvalue weighted by Gasteiger charge is 2.69. The van der Waals surface area contributed by atoms with Crippen LogP contribution in [0, 0.1) is 11.7 Å². The zero-order chi connectivity index (χ0) is 24.5. The van der Waals surface area contributed by atoms with Gasteiger partial charge >= 0.3 is 0 Å². The number of hydrogen-bond donors (Lipinski definition) is 1. The Hall–Kier alpha value is -3.77. The maximum atomic E-state index is 14.3. The minimum Gasteiger partial charge on any atom is -0.352 e. The average molecular weight is 487 g/mol. The van der Waals surface area contributed by atoms with Crippen LogP contribution >= 0.6 is 11.6 Å². The second-order valence-electron chi connectivity index (χ2n) is 9.16. The third-order valence-electron chi connectivity index (χ3n) is 7.43. The molecule has 4 atom stereocenters. The number of benzene rings is 3. The molecule has 5 nitrogen and oxygen atoms in total. The van der Waals surface area contributed by atoms with E-state index >= 15 is 0 Å². The standard InChI is InChI=1S/C28H20ClFN2O3/c1-15(33)25-24(26(34)18-6-2-4-8-20(18)29)28(19-7-3-5-9-21(19)31-27(28)35)23-13-10-16-14-17(30)11-12-22(16)32(23)25/h2-14,23-25H,1H3,(H,31,35)/t23-,24+,25-,28-/m1/s1. The number of para-hydroxylation sites is 1. The molecule has 0 saturated carbocycles. The van der Waals surface area contributed by atoms with Gasteiger partial charge in [0, 0.05) is 22.5 Å². The third-order valence-corrected chi connectivity index (χ3v) is 7.76. The molecule has 35 heavy (non-hydrogen) atoms. The number of halogens is 2. The number of amides is 1. The van der Waals surface area contributed by atoms with Crippen molar-refractivity contribution in [2.24, 2.45) is 5.92 Å². The summed E-state index contributed by atoms with van der Waals surface area (Å²) in [7, 11) is 0. The molecule has 0 radical (unpaired) electrons. The van der Waals surface area contributed by atoms with E-state index in [2.05, 4.69) is 5.32 Å². The second-order valence-corrected chi connectivity index (χ2v) is 9.57. The minimum atomic E-state index is -1.38. The van der Waals surface area contributed by atoms with Crippen LogP contribution in [0.2, 0.25) is 5.02 Å². The van der Waals surface area contributed by atoms with Gasteiger partial charge in [0.2, 0.25) is 5.91 Å². The molecule has 3 heterocycles. The van der Waals surface area contributed by atoms with E-state index in [1.807, 2.05) is 23.1 Å². The largest absolute Gasteiger partial charge is 0.352 e. The number of rotatable bonds is 3. The molecule has 3 aliphatic heterocycles. The molecular weight excluding hydrogens is 467 g/mol. The predicted molar refractivity (Wildman–Crippen MR) is 132 cm³/mol. The molecule has 1 N–H and O–H groups in total. The minimum absolute atomic E-state index is 0.254. The number of anilines is 2. The summed E-state index contributed by atoms with van der Waals surface area (Å²) in [5.41, 5.74) is 1.32. The summed E-state index contributed by atoms with van der Waals surface area (Å²) in [4.78, 5) is 43.4. The summed E-state index contributed by atoms with van der Waals surface area (Å²) in [6.07, 6.45) is 3.56. The van der Waals surface area contributed by atoms with E-state index in [0.717, 1.165) is 0 Å². The molecule has 7 heteroatoms. The first-order valence-electron chi connectivity index (χ1n) is 11.3. The number of Topliss-reactive ketones (excluding diaryl/α,β-unsaturated/α-hetero) is 2. The molecule has 174 valence electrons. The molecule has 1 spiro atoms. The Labute approximate surface area is 206 Å². The molecule has 0 aromatic heterocycles. The van der Waals surface area contributed by atoms with Gasteiger partial charge < -0.3 is 10.2 Å². The fraction of sp³-hybridized carbons (Fsp3) is 0.179. The van der Waals surface area contributed by atoms with Crippen LogP contribution in [0.5, 0.6) is 0 Å². The Kier molecular flexibility index (Phi) is 4.73. The van der Waals surface area contributed by atoms with E-state index in [9.17, 15) is 18.8 Å². The second kappa shape index (κ2) is 7.62. The van der Waals surface area contributed by atoms with Crippen molar-refractivity contribution < 1.29 is 18.8 Å².